The molecule has 0 aromatic carbocycles. The lowest BCUT2D eigenvalue weighted by molar-refractivity contribution is -0.763. The Morgan fingerprint density at radius 1 is 1.47 bits per heavy atom. The first-order valence-electron chi connectivity index (χ1n) is 5.07. The smallest absolute Gasteiger partial charge is 0.375 e. The SMILES string of the molecule is CC(C(=O)O)[n+]1ccc(-c2cccnn2)cn1. The summed E-state index contributed by atoms with van der Waals surface area (Å²) in [6, 6.07) is 4.67. The molecule has 6 nitrogen and oxygen atoms in total. The fraction of sp³-hybridized carbons (Fsp3) is 0.182. The van der Waals surface area contributed by atoms with Gasteiger partial charge in [-0.05, 0) is 17.2 Å². The standard InChI is InChI=1S/C11H10N4O2/c1-8(11(16)17)15-6-4-9(7-13-15)10-3-2-5-12-14-10/h2-8H,1H3/p+1. The van der Waals surface area contributed by atoms with Gasteiger partial charge >= 0.3 is 5.97 Å². The van der Waals surface area contributed by atoms with Crippen LogP contribution in [-0.2, 0) is 4.79 Å². The van der Waals surface area contributed by atoms with Crippen molar-refractivity contribution in [1.82, 2.24) is 15.3 Å². The minimum Gasteiger partial charge on any atom is -0.476 e. The minimum atomic E-state index is -0.922. The van der Waals surface area contributed by atoms with Crippen LogP contribution in [0.5, 0.6) is 0 Å². The Hall–Kier alpha value is -2.37. The van der Waals surface area contributed by atoms with Crippen LogP contribution in [-0.4, -0.2) is 26.4 Å². The van der Waals surface area contributed by atoms with Gasteiger partial charge < -0.3 is 5.11 Å². The van der Waals surface area contributed by atoms with E-state index in [1.807, 2.05) is 6.07 Å². The van der Waals surface area contributed by atoms with Gasteiger partial charge in [0.25, 0.3) is 6.04 Å². The molecule has 2 aromatic heterocycles. The molecule has 0 aliphatic heterocycles. The molecule has 0 amide bonds. The summed E-state index contributed by atoms with van der Waals surface area (Å²) in [4.78, 5) is 10.8. The maximum absolute atomic E-state index is 10.8. The number of aliphatic carboxylic acids is 1. The number of carboxylic acid groups (broad SMARTS) is 1. The van der Waals surface area contributed by atoms with E-state index >= 15 is 0 Å². The van der Waals surface area contributed by atoms with Crippen LogP contribution >= 0.6 is 0 Å². The number of carbonyl (C=O) groups is 1. The zero-order chi connectivity index (χ0) is 12.3. The van der Waals surface area contributed by atoms with E-state index in [9.17, 15) is 4.79 Å². The average Bonchev–Trinajstić information content (AvgIpc) is 2.39. The third kappa shape index (κ3) is 2.41. The molecule has 0 aliphatic carbocycles. The van der Waals surface area contributed by atoms with Gasteiger partial charge in [0.15, 0.2) is 6.20 Å². The normalized spacial score (nSPS) is 12.1. The molecule has 0 saturated carbocycles. The lowest BCUT2D eigenvalue weighted by atomic mass is 10.2. The first kappa shape index (κ1) is 11.1. The lowest BCUT2D eigenvalue weighted by Gasteiger charge is -2.00. The first-order valence-corrected chi connectivity index (χ1v) is 5.07. The van der Waals surface area contributed by atoms with Crippen molar-refractivity contribution in [1.29, 1.82) is 0 Å². The van der Waals surface area contributed by atoms with Crippen LogP contribution in [0.2, 0.25) is 0 Å². The van der Waals surface area contributed by atoms with Crippen molar-refractivity contribution in [3.05, 3.63) is 36.8 Å². The highest BCUT2D eigenvalue weighted by molar-refractivity contribution is 5.69. The number of rotatable bonds is 3. The number of carboxylic acids is 1. The molecule has 2 aromatic rings. The Labute approximate surface area is 97.6 Å². The maximum Gasteiger partial charge on any atom is 0.375 e. The van der Waals surface area contributed by atoms with E-state index in [2.05, 4.69) is 15.3 Å². The molecule has 0 radical (unpaired) electrons. The molecule has 17 heavy (non-hydrogen) atoms. The van der Waals surface area contributed by atoms with E-state index in [0.29, 0.717) is 5.69 Å². The molecule has 0 aliphatic rings. The van der Waals surface area contributed by atoms with Crippen LogP contribution in [0, 0.1) is 0 Å². The van der Waals surface area contributed by atoms with E-state index in [1.165, 1.54) is 4.68 Å². The summed E-state index contributed by atoms with van der Waals surface area (Å²) in [5, 5.41) is 20.6. The molecule has 2 rings (SSSR count). The first-order chi connectivity index (χ1) is 8.18. The molecule has 1 atom stereocenters. The van der Waals surface area contributed by atoms with Crippen LogP contribution < -0.4 is 4.68 Å². The van der Waals surface area contributed by atoms with Crippen LogP contribution in [0.25, 0.3) is 11.3 Å². The summed E-state index contributed by atoms with van der Waals surface area (Å²) in [7, 11) is 0. The molecule has 2 heterocycles. The van der Waals surface area contributed by atoms with Gasteiger partial charge in [0.2, 0.25) is 0 Å². The molecule has 86 valence electrons. The van der Waals surface area contributed by atoms with Crippen LogP contribution in [0.15, 0.2) is 36.8 Å². The Morgan fingerprint density at radius 3 is 2.82 bits per heavy atom. The Morgan fingerprint density at radius 2 is 2.29 bits per heavy atom. The zero-order valence-electron chi connectivity index (χ0n) is 9.19. The van der Waals surface area contributed by atoms with Crippen LogP contribution in [0.4, 0.5) is 0 Å². The van der Waals surface area contributed by atoms with Crippen molar-refractivity contribution >= 4 is 5.97 Å². The largest absolute Gasteiger partial charge is 0.476 e. The van der Waals surface area contributed by atoms with E-state index in [-0.39, 0.29) is 0 Å². The second-order valence-electron chi connectivity index (χ2n) is 3.52. The van der Waals surface area contributed by atoms with Gasteiger partial charge in [0, 0.05) is 24.8 Å². The van der Waals surface area contributed by atoms with Crippen molar-refractivity contribution in [3.8, 4) is 11.3 Å². The summed E-state index contributed by atoms with van der Waals surface area (Å²) in [5.41, 5.74) is 1.50. The molecular formula is C11H11N4O2+. The van der Waals surface area contributed by atoms with Crippen LogP contribution in [0.3, 0.4) is 0 Å². The molecule has 0 fully saturated rings. The van der Waals surface area contributed by atoms with Gasteiger partial charge in [-0.3, -0.25) is 0 Å². The maximum atomic E-state index is 10.8. The van der Waals surface area contributed by atoms with Crippen molar-refractivity contribution in [2.45, 2.75) is 13.0 Å². The summed E-state index contributed by atoms with van der Waals surface area (Å²) in [6.45, 7) is 1.57. The van der Waals surface area contributed by atoms with Gasteiger partial charge in [-0.25, -0.2) is 4.79 Å². The second kappa shape index (κ2) is 4.65. The Balaban J connectivity index is 2.28. The van der Waals surface area contributed by atoms with E-state index < -0.39 is 12.0 Å². The Kier molecular flexibility index (Phi) is 3.04. The second-order valence-corrected chi connectivity index (χ2v) is 3.52. The van der Waals surface area contributed by atoms with Crippen molar-refractivity contribution < 1.29 is 14.6 Å². The predicted octanol–water partition coefficient (Wildman–Crippen LogP) is 0.472. The van der Waals surface area contributed by atoms with Crippen molar-refractivity contribution in [2.75, 3.05) is 0 Å². The summed E-state index contributed by atoms with van der Waals surface area (Å²) >= 11 is 0. The zero-order valence-corrected chi connectivity index (χ0v) is 9.19. The van der Waals surface area contributed by atoms with E-state index in [1.54, 1.807) is 37.6 Å². The van der Waals surface area contributed by atoms with Crippen LogP contribution in [0.1, 0.15) is 13.0 Å². The number of nitrogens with zero attached hydrogens (tertiary/aromatic N) is 4. The van der Waals surface area contributed by atoms with Gasteiger partial charge in [-0.1, -0.05) is 4.68 Å². The van der Waals surface area contributed by atoms with E-state index in [0.717, 1.165) is 5.56 Å². The summed E-state index contributed by atoms with van der Waals surface area (Å²) in [6.07, 6.45) is 4.78. The monoisotopic (exact) mass is 231 g/mol. The third-order valence-electron chi connectivity index (χ3n) is 2.36. The Bertz CT molecular complexity index is 513. The molecular weight excluding hydrogens is 220 g/mol. The molecule has 0 spiro atoms. The average molecular weight is 231 g/mol. The van der Waals surface area contributed by atoms with Gasteiger partial charge in [0.05, 0.1) is 5.69 Å². The minimum absolute atomic E-state index is 0.689. The summed E-state index contributed by atoms with van der Waals surface area (Å²) < 4.78 is 1.38. The summed E-state index contributed by atoms with van der Waals surface area (Å²) in [5.74, 6) is -0.922. The quantitative estimate of drug-likeness (QED) is 0.777. The molecule has 1 unspecified atom stereocenters. The van der Waals surface area contributed by atoms with Crippen molar-refractivity contribution in [2.24, 2.45) is 0 Å². The fourth-order valence-electron chi connectivity index (χ4n) is 1.32. The van der Waals surface area contributed by atoms with Gasteiger partial charge in [0.1, 0.15) is 6.20 Å². The molecule has 0 saturated heterocycles. The molecule has 0 bridgehead atoms. The third-order valence-corrected chi connectivity index (χ3v) is 2.36. The highest BCUT2D eigenvalue weighted by Crippen LogP contribution is 2.11. The highest BCUT2D eigenvalue weighted by Gasteiger charge is 2.22. The number of hydrogen-bond acceptors (Lipinski definition) is 4. The van der Waals surface area contributed by atoms with Gasteiger partial charge in [-0.2, -0.15) is 10.2 Å². The molecule has 1 N–H and O–H groups in total. The van der Waals surface area contributed by atoms with Crippen molar-refractivity contribution in [3.63, 3.8) is 0 Å². The number of aromatic nitrogens is 4. The number of hydrogen-bond donors (Lipinski definition) is 1. The fourth-order valence-corrected chi connectivity index (χ4v) is 1.32. The highest BCUT2D eigenvalue weighted by atomic mass is 16.4. The topological polar surface area (TPSA) is 79.9 Å². The predicted molar refractivity (Wildman–Crippen MR) is 57.8 cm³/mol. The van der Waals surface area contributed by atoms with E-state index in [4.69, 9.17) is 5.11 Å². The van der Waals surface area contributed by atoms with Gasteiger partial charge in [-0.15, -0.1) is 0 Å². The lowest BCUT2D eigenvalue weighted by Crippen LogP contribution is -2.45. The molecule has 6 heteroatoms.